The van der Waals surface area contributed by atoms with Crippen LogP contribution in [0.15, 0.2) is 24.3 Å². The summed E-state index contributed by atoms with van der Waals surface area (Å²) < 4.78 is 5.62. The molecule has 0 unspecified atom stereocenters. The summed E-state index contributed by atoms with van der Waals surface area (Å²) in [4.78, 5) is 12.2. The summed E-state index contributed by atoms with van der Waals surface area (Å²) in [6, 6.07) is 8.08. The summed E-state index contributed by atoms with van der Waals surface area (Å²) in [5.41, 5.74) is 1.20. The highest BCUT2D eigenvalue weighted by molar-refractivity contribution is 5.67. The molecule has 1 N–H and O–H groups in total. The maximum Gasteiger partial charge on any atom is 0.128 e. The third-order valence-electron chi connectivity index (χ3n) is 3.74. The summed E-state index contributed by atoms with van der Waals surface area (Å²) >= 11 is 0. The van der Waals surface area contributed by atoms with Crippen molar-refractivity contribution in [3.05, 3.63) is 29.8 Å². The van der Waals surface area contributed by atoms with Gasteiger partial charge >= 0.3 is 0 Å². The number of ether oxygens (including phenoxy) is 1. The Hall–Kier alpha value is -1.55. The van der Waals surface area contributed by atoms with E-state index in [0.29, 0.717) is 19.4 Å². The Bertz CT molecular complexity index is 425. The minimum Gasteiger partial charge on any atom is -0.550 e. The lowest BCUT2D eigenvalue weighted by Gasteiger charge is -2.30. The van der Waals surface area contributed by atoms with Gasteiger partial charge in [-0.1, -0.05) is 12.1 Å². The van der Waals surface area contributed by atoms with Gasteiger partial charge in [0, 0.05) is 30.3 Å². The van der Waals surface area contributed by atoms with Gasteiger partial charge in [-0.2, -0.15) is 0 Å². The predicted molar refractivity (Wildman–Crippen MR) is 69.7 cm³/mol. The molecule has 0 atom stereocenters. The Kier molecular flexibility index (Phi) is 4.80. The quantitative estimate of drug-likeness (QED) is 0.788. The molecule has 0 spiro atoms. The van der Waals surface area contributed by atoms with Crippen molar-refractivity contribution in [1.82, 2.24) is 0 Å². The van der Waals surface area contributed by atoms with E-state index in [4.69, 9.17) is 4.74 Å². The molecule has 19 heavy (non-hydrogen) atoms. The number of nitrogens with one attached hydrogen (secondary N) is 1. The first-order valence-electron chi connectivity index (χ1n) is 6.95. The van der Waals surface area contributed by atoms with Gasteiger partial charge in [-0.05, 0) is 19.1 Å². The Morgan fingerprint density at radius 3 is 2.68 bits per heavy atom. The van der Waals surface area contributed by atoms with Crippen LogP contribution in [0.5, 0.6) is 5.75 Å². The molecule has 1 fully saturated rings. The molecule has 104 valence electrons. The molecule has 0 aliphatic carbocycles. The Morgan fingerprint density at radius 1 is 1.37 bits per heavy atom. The molecule has 0 amide bonds. The Balaban J connectivity index is 1.93. The summed E-state index contributed by atoms with van der Waals surface area (Å²) in [6.45, 7) is 5.32. The second kappa shape index (κ2) is 6.57. The van der Waals surface area contributed by atoms with Crippen LogP contribution in [0.4, 0.5) is 0 Å². The van der Waals surface area contributed by atoms with Crippen LogP contribution < -0.4 is 14.7 Å². The number of hydrogen-bond donors (Lipinski definition) is 1. The third kappa shape index (κ3) is 3.70. The molecule has 2 rings (SSSR count). The number of aliphatic carboxylic acids is 1. The van der Waals surface area contributed by atoms with E-state index >= 15 is 0 Å². The zero-order chi connectivity index (χ0) is 13.7. The van der Waals surface area contributed by atoms with Crippen LogP contribution in [0.2, 0.25) is 0 Å². The number of carbonyl (C=O) groups excluding carboxylic acids is 1. The molecule has 1 saturated heterocycles. The first-order valence-corrected chi connectivity index (χ1v) is 6.95. The van der Waals surface area contributed by atoms with E-state index < -0.39 is 5.97 Å². The average molecular weight is 263 g/mol. The van der Waals surface area contributed by atoms with Crippen molar-refractivity contribution in [2.75, 3.05) is 19.7 Å². The highest BCUT2D eigenvalue weighted by Crippen LogP contribution is 2.17. The lowest BCUT2D eigenvalue weighted by atomic mass is 9.97. The molecule has 1 aliphatic heterocycles. The van der Waals surface area contributed by atoms with Crippen LogP contribution in [-0.2, 0) is 11.3 Å². The number of para-hydroxylation sites is 1. The number of hydrogen-bond acceptors (Lipinski definition) is 3. The smallest absolute Gasteiger partial charge is 0.128 e. The van der Waals surface area contributed by atoms with Gasteiger partial charge in [-0.25, -0.2) is 0 Å². The van der Waals surface area contributed by atoms with Crippen LogP contribution in [0.25, 0.3) is 0 Å². The van der Waals surface area contributed by atoms with Crippen molar-refractivity contribution < 1.29 is 19.5 Å². The SMILES string of the molecule is CCOc1ccccc1C[NH+]1CCC(C(=O)[O-])CC1. The molecular formula is C15H21NO3. The number of likely N-dealkylation sites (tertiary alicyclic amines) is 1. The standard InChI is InChI=1S/C15H21NO3/c1-2-19-14-6-4-3-5-13(14)11-16-9-7-12(8-10-16)15(17)18/h3-6,12H,2,7-11H2,1H3,(H,17,18). The molecule has 0 radical (unpaired) electrons. The fraction of sp³-hybridized carbons (Fsp3) is 0.533. The van der Waals surface area contributed by atoms with Gasteiger partial charge in [0.1, 0.15) is 12.3 Å². The van der Waals surface area contributed by atoms with E-state index in [0.717, 1.165) is 25.4 Å². The fourth-order valence-corrected chi connectivity index (χ4v) is 2.65. The minimum absolute atomic E-state index is 0.258. The monoisotopic (exact) mass is 263 g/mol. The number of carboxylic acids is 1. The first-order chi connectivity index (χ1) is 9.20. The lowest BCUT2D eigenvalue weighted by Crippen LogP contribution is -3.11. The van der Waals surface area contributed by atoms with Gasteiger partial charge in [0.25, 0.3) is 0 Å². The first kappa shape index (κ1) is 13.9. The van der Waals surface area contributed by atoms with E-state index in [2.05, 4.69) is 6.07 Å². The molecule has 0 aromatic heterocycles. The highest BCUT2D eigenvalue weighted by atomic mass is 16.5. The number of carboxylic acid groups (broad SMARTS) is 1. The van der Waals surface area contributed by atoms with Gasteiger partial charge in [0.2, 0.25) is 0 Å². The molecule has 4 nitrogen and oxygen atoms in total. The molecule has 1 heterocycles. The topological polar surface area (TPSA) is 53.8 Å². The van der Waals surface area contributed by atoms with Crippen molar-refractivity contribution in [3.8, 4) is 5.75 Å². The second-order valence-corrected chi connectivity index (χ2v) is 5.06. The molecule has 1 aliphatic rings. The van der Waals surface area contributed by atoms with E-state index in [1.54, 1.807) is 0 Å². The van der Waals surface area contributed by atoms with Crippen molar-refractivity contribution in [1.29, 1.82) is 0 Å². The molecular weight excluding hydrogens is 242 g/mol. The molecule has 0 bridgehead atoms. The summed E-state index contributed by atoms with van der Waals surface area (Å²) in [7, 11) is 0. The Morgan fingerprint density at radius 2 is 2.05 bits per heavy atom. The van der Waals surface area contributed by atoms with Crippen molar-refractivity contribution >= 4 is 5.97 Å². The van der Waals surface area contributed by atoms with Gasteiger partial charge in [0.05, 0.1) is 19.7 Å². The number of quaternary nitrogens is 1. The summed E-state index contributed by atoms with van der Waals surface area (Å²) in [5.74, 6) is -0.209. The molecule has 0 saturated carbocycles. The van der Waals surface area contributed by atoms with E-state index in [1.165, 1.54) is 10.5 Å². The zero-order valence-electron chi connectivity index (χ0n) is 11.4. The van der Waals surface area contributed by atoms with Crippen LogP contribution in [-0.4, -0.2) is 25.7 Å². The van der Waals surface area contributed by atoms with Gasteiger partial charge in [-0.15, -0.1) is 0 Å². The molecule has 1 aromatic rings. The number of piperidine rings is 1. The number of carbonyl (C=O) groups is 1. The number of rotatable bonds is 5. The maximum atomic E-state index is 10.8. The van der Waals surface area contributed by atoms with Crippen molar-refractivity contribution in [3.63, 3.8) is 0 Å². The highest BCUT2D eigenvalue weighted by Gasteiger charge is 2.23. The van der Waals surface area contributed by atoms with E-state index in [1.807, 2.05) is 25.1 Å². The van der Waals surface area contributed by atoms with Gasteiger partial charge < -0.3 is 19.5 Å². The average Bonchev–Trinajstić information content (AvgIpc) is 2.42. The lowest BCUT2D eigenvalue weighted by molar-refractivity contribution is -0.919. The van der Waals surface area contributed by atoms with Crippen LogP contribution in [0, 0.1) is 5.92 Å². The molecule has 4 heteroatoms. The Labute approximate surface area is 114 Å². The maximum absolute atomic E-state index is 10.8. The number of benzene rings is 1. The van der Waals surface area contributed by atoms with E-state index in [9.17, 15) is 9.90 Å². The van der Waals surface area contributed by atoms with E-state index in [-0.39, 0.29) is 5.92 Å². The minimum atomic E-state index is -0.895. The van der Waals surface area contributed by atoms with Gasteiger partial charge in [0.15, 0.2) is 0 Å². The third-order valence-corrected chi connectivity index (χ3v) is 3.74. The fourth-order valence-electron chi connectivity index (χ4n) is 2.65. The summed E-state index contributed by atoms with van der Waals surface area (Å²) in [6.07, 6.45) is 1.43. The largest absolute Gasteiger partial charge is 0.550 e. The zero-order valence-corrected chi connectivity index (χ0v) is 11.4. The molecule has 1 aromatic carbocycles. The summed E-state index contributed by atoms with van der Waals surface area (Å²) in [5, 5.41) is 10.8. The normalized spacial score (nSPS) is 23.0. The second-order valence-electron chi connectivity index (χ2n) is 5.06. The van der Waals surface area contributed by atoms with Crippen molar-refractivity contribution in [2.24, 2.45) is 5.92 Å². The van der Waals surface area contributed by atoms with Gasteiger partial charge in [-0.3, -0.25) is 0 Å². The van der Waals surface area contributed by atoms with Crippen LogP contribution >= 0.6 is 0 Å². The predicted octanol–water partition coefficient (Wildman–Crippen LogP) is -0.370. The van der Waals surface area contributed by atoms with Crippen LogP contribution in [0.3, 0.4) is 0 Å². The van der Waals surface area contributed by atoms with Crippen LogP contribution in [0.1, 0.15) is 25.3 Å². The van der Waals surface area contributed by atoms with Crippen molar-refractivity contribution in [2.45, 2.75) is 26.3 Å².